The van der Waals surface area contributed by atoms with Gasteiger partial charge < -0.3 is 14.8 Å². The quantitative estimate of drug-likeness (QED) is 0.646. The van der Waals surface area contributed by atoms with Crippen LogP contribution in [0.2, 0.25) is 0 Å². The summed E-state index contributed by atoms with van der Waals surface area (Å²) in [5.41, 5.74) is 1.96. The standard InChI is InChI=1S/C24H36N4O2/c1-6-9-12-16(4)22-18-15-17(13-10-14-20(18)29)25-23(28(22)5)27-24-26-19(11-7-2)21(8-3)30-24/h6-9,11-12,17-18,20,22-23,25,29H,2,10,13-15H2,1,3-5H3,(H,26,27)/b9-6-,16-12+,19-11+,21-8+. The van der Waals surface area contributed by atoms with E-state index in [9.17, 15) is 5.11 Å². The van der Waals surface area contributed by atoms with Crippen LogP contribution >= 0.6 is 0 Å². The molecular weight excluding hydrogens is 376 g/mol. The van der Waals surface area contributed by atoms with Gasteiger partial charge in [-0.1, -0.05) is 36.5 Å². The lowest BCUT2D eigenvalue weighted by Crippen LogP contribution is -2.55. The molecule has 2 bridgehead atoms. The summed E-state index contributed by atoms with van der Waals surface area (Å²) < 4.78 is 5.93. The van der Waals surface area contributed by atoms with Gasteiger partial charge in [0, 0.05) is 18.0 Å². The number of aliphatic hydroxyl groups is 1. The Morgan fingerprint density at radius 1 is 1.37 bits per heavy atom. The molecule has 1 aromatic heterocycles. The molecule has 2 fully saturated rings. The number of aliphatic hydroxyl groups excluding tert-OH is 1. The zero-order valence-corrected chi connectivity index (χ0v) is 18.6. The first-order chi connectivity index (χ1) is 14.5. The summed E-state index contributed by atoms with van der Waals surface area (Å²) in [6, 6.07) is 0.915. The first-order valence-electron chi connectivity index (χ1n) is 11.0. The van der Waals surface area contributed by atoms with Gasteiger partial charge in [0.1, 0.15) is 11.6 Å². The predicted octanol–water partition coefficient (Wildman–Crippen LogP) is 2.48. The van der Waals surface area contributed by atoms with Gasteiger partial charge in [0.05, 0.1) is 6.10 Å². The Hall–Kier alpha value is -2.15. The highest BCUT2D eigenvalue weighted by Crippen LogP contribution is 2.35. The van der Waals surface area contributed by atoms with Gasteiger partial charge in [-0.05, 0) is 65.7 Å². The van der Waals surface area contributed by atoms with Crippen molar-refractivity contribution >= 4 is 18.2 Å². The van der Waals surface area contributed by atoms with Crippen molar-refractivity contribution in [3.05, 3.63) is 47.2 Å². The minimum atomic E-state index is -0.297. The summed E-state index contributed by atoms with van der Waals surface area (Å²) in [6.45, 7) is 9.87. The average molecular weight is 413 g/mol. The number of oxazole rings is 1. The number of likely N-dealkylation sites (N-methyl/N-ethyl adjacent to an activating group) is 1. The summed E-state index contributed by atoms with van der Waals surface area (Å²) >= 11 is 0. The molecule has 5 unspecified atom stereocenters. The molecule has 164 valence electrons. The van der Waals surface area contributed by atoms with Gasteiger partial charge >= 0.3 is 0 Å². The van der Waals surface area contributed by atoms with Crippen LogP contribution in [0.5, 0.6) is 0 Å². The van der Waals surface area contributed by atoms with Crippen LogP contribution in [0.15, 0.2) is 40.9 Å². The fraction of sp³-hybridized carbons (Fsp3) is 0.542. The van der Waals surface area contributed by atoms with Gasteiger partial charge in [0.2, 0.25) is 0 Å². The number of hydrogen-bond donors (Lipinski definition) is 3. The molecule has 30 heavy (non-hydrogen) atoms. The van der Waals surface area contributed by atoms with Crippen LogP contribution < -0.4 is 21.4 Å². The topological polar surface area (TPSA) is 73.6 Å². The fourth-order valence-corrected chi connectivity index (χ4v) is 4.79. The van der Waals surface area contributed by atoms with Crippen molar-refractivity contribution in [1.29, 1.82) is 0 Å². The third kappa shape index (κ3) is 4.94. The van der Waals surface area contributed by atoms with Crippen molar-refractivity contribution in [2.24, 2.45) is 5.92 Å². The highest BCUT2D eigenvalue weighted by molar-refractivity contribution is 5.36. The maximum absolute atomic E-state index is 10.9. The molecule has 0 aromatic carbocycles. The third-order valence-corrected chi connectivity index (χ3v) is 6.25. The lowest BCUT2D eigenvalue weighted by atomic mass is 9.84. The molecule has 0 radical (unpaired) electrons. The summed E-state index contributed by atoms with van der Waals surface area (Å²) in [7, 11) is 2.10. The van der Waals surface area contributed by atoms with Gasteiger partial charge in [0.15, 0.2) is 5.42 Å². The van der Waals surface area contributed by atoms with Crippen molar-refractivity contribution in [2.45, 2.75) is 70.9 Å². The summed E-state index contributed by atoms with van der Waals surface area (Å²) in [5.74, 6) is 0.178. The van der Waals surface area contributed by atoms with E-state index in [0.717, 1.165) is 36.4 Å². The van der Waals surface area contributed by atoms with Crippen molar-refractivity contribution in [3.63, 3.8) is 0 Å². The molecule has 3 rings (SSSR count). The monoisotopic (exact) mass is 412 g/mol. The van der Waals surface area contributed by atoms with Gasteiger partial charge in [-0.3, -0.25) is 10.2 Å². The molecule has 1 aromatic rings. The first-order valence-corrected chi connectivity index (χ1v) is 11.0. The van der Waals surface area contributed by atoms with Crippen molar-refractivity contribution in [2.75, 3.05) is 12.4 Å². The van der Waals surface area contributed by atoms with E-state index in [1.165, 1.54) is 5.57 Å². The Kier molecular flexibility index (Phi) is 7.69. The second-order valence-corrected chi connectivity index (χ2v) is 8.31. The molecule has 0 spiro atoms. The minimum absolute atomic E-state index is 0.107. The van der Waals surface area contributed by atoms with Crippen LogP contribution in [0.1, 0.15) is 46.5 Å². The molecule has 6 heteroatoms. The minimum Gasteiger partial charge on any atom is -0.424 e. The number of hydrogen-bond acceptors (Lipinski definition) is 6. The molecule has 2 aliphatic rings. The zero-order chi connectivity index (χ0) is 21.7. The summed E-state index contributed by atoms with van der Waals surface area (Å²) in [6.07, 6.45) is 15.1. The molecule has 5 atom stereocenters. The van der Waals surface area contributed by atoms with Gasteiger partial charge in [-0.15, -0.1) is 0 Å². The lowest BCUT2D eigenvalue weighted by Gasteiger charge is -2.39. The lowest BCUT2D eigenvalue weighted by molar-refractivity contribution is 0.0504. The highest BCUT2D eigenvalue weighted by atomic mass is 16.4. The van der Waals surface area contributed by atoms with Crippen molar-refractivity contribution in [1.82, 2.24) is 15.2 Å². The molecule has 1 aliphatic heterocycles. The van der Waals surface area contributed by atoms with E-state index in [0.29, 0.717) is 12.1 Å². The molecule has 1 aliphatic carbocycles. The summed E-state index contributed by atoms with van der Waals surface area (Å²) in [5, 5.41) is 18.9. The number of aromatic nitrogens is 1. The van der Waals surface area contributed by atoms with Gasteiger partial charge in [0.25, 0.3) is 6.01 Å². The van der Waals surface area contributed by atoms with E-state index >= 15 is 0 Å². The molecule has 3 N–H and O–H groups in total. The maximum Gasteiger partial charge on any atom is 0.297 e. The number of nitrogens with one attached hydrogen (secondary N) is 2. The van der Waals surface area contributed by atoms with Crippen LogP contribution in [-0.2, 0) is 0 Å². The number of allylic oxidation sites excluding steroid dienone is 4. The van der Waals surface area contributed by atoms with E-state index in [4.69, 9.17) is 4.42 Å². The van der Waals surface area contributed by atoms with Crippen LogP contribution in [0, 0.1) is 5.92 Å². The number of nitrogens with zero attached hydrogens (tertiary/aromatic N) is 2. The second-order valence-electron chi connectivity index (χ2n) is 8.31. The summed E-state index contributed by atoms with van der Waals surface area (Å²) in [4.78, 5) is 6.86. The number of anilines is 1. The fourth-order valence-electron chi connectivity index (χ4n) is 4.79. The van der Waals surface area contributed by atoms with Crippen molar-refractivity contribution in [3.8, 4) is 0 Å². The molecule has 2 heterocycles. The van der Waals surface area contributed by atoms with Crippen molar-refractivity contribution < 1.29 is 9.52 Å². The molecular formula is C24H36N4O2. The average Bonchev–Trinajstić information content (AvgIpc) is 2.94. The SMILES string of the molecule is C=C/C=c1/nc(NC2NC3CCCC(O)C(C3)C(/C(C)=C/C=C\C)N2C)o/c1=C/C. The first kappa shape index (κ1) is 22.5. The van der Waals surface area contributed by atoms with E-state index in [1.54, 1.807) is 6.08 Å². The van der Waals surface area contributed by atoms with Crippen LogP contribution in [-0.4, -0.2) is 46.5 Å². The molecule has 6 nitrogen and oxygen atoms in total. The van der Waals surface area contributed by atoms with E-state index in [1.807, 2.05) is 32.1 Å². The maximum atomic E-state index is 10.9. The Morgan fingerprint density at radius 3 is 2.87 bits per heavy atom. The predicted molar refractivity (Wildman–Crippen MR) is 123 cm³/mol. The van der Waals surface area contributed by atoms with Crippen LogP contribution in [0.3, 0.4) is 0 Å². The smallest absolute Gasteiger partial charge is 0.297 e. The van der Waals surface area contributed by atoms with Gasteiger partial charge in [-0.25, -0.2) is 0 Å². The Balaban J connectivity index is 1.96. The van der Waals surface area contributed by atoms with Crippen LogP contribution in [0.4, 0.5) is 6.01 Å². The Labute approximate surface area is 179 Å². The highest BCUT2D eigenvalue weighted by Gasteiger charge is 2.41. The third-order valence-electron chi connectivity index (χ3n) is 6.25. The molecule has 1 saturated heterocycles. The Bertz CT molecular complexity index is 901. The Morgan fingerprint density at radius 2 is 2.17 bits per heavy atom. The second kappa shape index (κ2) is 10.2. The number of fused-ring (bicyclic) bond motifs is 2. The normalized spacial score (nSPS) is 32.3. The van der Waals surface area contributed by atoms with E-state index in [2.05, 4.69) is 53.2 Å². The van der Waals surface area contributed by atoms with Crippen LogP contribution in [0.25, 0.3) is 12.2 Å². The number of rotatable bonds is 5. The molecule has 1 saturated carbocycles. The van der Waals surface area contributed by atoms with E-state index < -0.39 is 0 Å². The molecule has 0 amide bonds. The largest absolute Gasteiger partial charge is 0.424 e. The van der Waals surface area contributed by atoms with E-state index in [-0.39, 0.29) is 24.4 Å². The zero-order valence-electron chi connectivity index (χ0n) is 18.6. The van der Waals surface area contributed by atoms with Gasteiger partial charge in [-0.2, -0.15) is 4.98 Å².